The zero-order chi connectivity index (χ0) is 13.8. The Kier molecular flexibility index (Phi) is 4.70. The Morgan fingerprint density at radius 2 is 2.17 bits per heavy atom. The molecule has 6 heteroatoms. The van der Waals surface area contributed by atoms with Crippen LogP contribution in [0.2, 0.25) is 0 Å². The SMILES string of the molecule is CCC(C#N)S(=O)(=O)N(C)Cc1cccc(N)c1. The van der Waals surface area contributed by atoms with Crippen LogP contribution >= 0.6 is 0 Å². The summed E-state index contributed by atoms with van der Waals surface area (Å²) >= 11 is 0. The summed E-state index contributed by atoms with van der Waals surface area (Å²) in [5.41, 5.74) is 7.02. The fourth-order valence-electron chi connectivity index (χ4n) is 1.62. The van der Waals surface area contributed by atoms with Crippen molar-refractivity contribution in [1.82, 2.24) is 4.31 Å². The third kappa shape index (κ3) is 3.22. The standard InChI is InChI=1S/C12H17N3O2S/c1-3-12(8-13)18(16,17)15(2)9-10-5-4-6-11(14)7-10/h4-7,12H,3,9,14H2,1-2H3. The van der Waals surface area contributed by atoms with Crippen molar-refractivity contribution in [2.24, 2.45) is 0 Å². The molecule has 0 heterocycles. The van der Waals surface area contributed by atoms with Gasteiger partial charge in [0.2, 0.25) is 10.0 Å². The van der Waals surface area contributed by atoms with E-state index in [4.69, 9.17) is 11.0 Å². The second-order valence-corrected chi connectivity index (χ2v) is 6.29. The van der Waals surface area contributed by atoms with Crippen molar-refractivity contribution < 1.29 is 8.42 Å². The molecule has 0 fully saturated rings. The van der Waals surface area contributed by atoms with Crippen molar-refractivity contribution in [1.29, 1.82) is 5.26 Å². The Hall–Kier alpha value is -1.58. The summed E-state index contributed by atoms with van der Waals surface area (Å²) in [5.74, 6) is 0. The van der Waals surface area contributed by atoms with Crippen molar-refractivity contribution in [2.45, 2.75) is 25.1 Å². The predicted molar refractivity (Wildman–Crippen MR) is 70.9 cm³/mol. The molecule has 0 amide bonds. The zero-order valence-corrected chi connectivity index (χ0v) is 11.3. The fraction of sp³-hybridized carbons (Fsp3) is 0.417. The molecule has 1 aromatic rings. The Balaban J connectivity index is 2.89. The molecule has 5 nitrogen and oxygen atoms in total. The molecular weight excluding hydrogens is 250 g/mol. The molecule has 1 rings (SSSR count). The lowest BCUT2D eigenvalue weighted by atomic mass is 10.2. The van der Waals surface area contributed by atoms with Crippen LogP contribution in [0.15, 0.2) is 24.3 Å². The summed E-state index contributed by atoms with van der Waals surface area (Å²) in [5, 5.41) is 7.85. The van der Waals surface area contributed by atoms with E-state index in [0.717, 1.165) is 5.56 Å². The molecule has 0 aromatic heterocycles. The third-order valence-corrected chi connectivity index (χ3v) is 4.82. The lowest BCUT2D eigenvalue weighted by molar-refractivity contribution is 0.460. The Morgan fingerprint density at radius 3 is 2.67 bits per heavy atom. The number of hydrogen-bond acceptors (Lipinski definition) is 4. The second kappa shape index (κ2) is 5.85. The van der Waals surface area contributed by atoms with Crippen molar-refractivity contribution in [3.05, 3.63) is 29.8 Å². The number of rotatable bonds is 5. The van der Waals surface area contributed by atoms with Gasteiger partial charge in [-0.3, -0.25) is 0 Å². The monoisotopic (exact) mass is 267 g/mol. The molecule has 0 aliphatic carbocycles. The van der Waals surface area contributed by atoms with Gasteiger partial charge in [-0.25, -0.2) is 8.42 Å². The molecule has 1 unspecified atom stereocenters. The molecule has 0 bridgehead atoms. The highest BCUT2D eigenvalue weighted by atomic mass is 32.2. The number of nitriles is 1. The number of anilines is 1. The van der Waals surface area contributed by atoms with Crippen LogP contribution in [0.3, 0.4) is 0 Å². The molecule has 0 saturated heterocycles. The molecule has 1 atom stereocenters. The van der Waals surface area contributed by atoms with Gasteiger partial charge in [0.15, 0.2) is 5.25 Å². The van der Waals surface area contributed by atoms with Crippen LogP contribution in [-0.4, -0.2) is 25.0 Å². The van der Waals surface area contributed by atoms with Gasteiger partial charge in [0.25, 0.3) is 0 Å². The number of nitrogen functional groups attached to an aromatic ring is 1. The Bertz CT molecular complexity index is 549. The van der Waals surface area contributed by atoms with Gasteiger partial charge in [0, 0.05) is 19.3 Å². The fourth-order valence-corrected chi connectivity index (χ4v) is 2.94. The molecule has 1 aromatic carbocycles. The normalized spacial score (nSPS) is 13.2. The predicted octanol–water partition coefficient (Wildman–Crippen LogP) is 1.33. The smallest absolute Gasteiger partial charge is 0.230 e. The molecule has 0 aliphatic heterocycles. The van der Waals surface area contributed by atoms with Gasteiger partial charge in [0.1, 0.15) is 0 Å². The Labute approximate surface area is 108 Å². The van der Waals surface area contributed by atoms with Gasteiger partial charge >= 0.3 is 0 Å². The van der Waals surface area contributed by atoms with Crippen molar-refractivity contribution in [2.75, 3.05) is 12.8 Å². The van der Waals surface area contributed by atoms with Gasteiger partial charge < -0.3 is 5.73 Å². The van der Waals surface area contributed by atoms with Crippen LogP contribution in [-0.2, 0) is 16.6 Å². The molecule has 0 aliphatic rings. The van der Waals surface area contributed by atoms with Gasteiger partial charge in [-0.2, -0.15) is 9.57 Å². The summed E-state index contributed by atoms with van der Waals surface area (Å²) in [7, 11) is -2.11. The van der Waals surface area contributed by atoms with E-state index < -0.39 is 15.3 Å². The van der Waals surface area contributed by atoms with E-state index in [9.17, 15) is 8.42 Å². The minimum absolute atomic E-state index is 0.214. The minimum Gasteiger partial charge on any atom is -0.399 e. The maximum atomic E-state index is 12.1. The molecule has 0 saturated carbocycles. The third-order valence-electron chi connectivity index (χ3n) is 2.67. The number of nitrogens with zero attached hydrogens (tertiary/aromatic N) is 2. The van der Waals surface area contributed by atoms with Crippen LogP contribution in [0.25, 0.3) is 0 Å². The number of hydrogen-bond donors (Lipinski definition) is 1. The summed E-state index contributed by atoms with van der Waals surface area (Å²) in [6, 6.07) is 8.85. The summed E-state index contributed by atoms with van der Waals surface area (Å²) in [6.45, 7) is 1.89. The molecule has 0 radical (unpaired) electrons. The van der Waals surface area contributed by atoms with E-state index in [2.05, 4.69) is 0 Å². The Morgan fingerprint density at radius 1 is 1.50 bits per heavy atom. The van der Waals surface area contributed by atoms with E-state index in [0.29, 0.717) is 5.69 Å². The quantitative estimate of drug-likeness (QED) is 0.815. The minimum atomic E-state index is -3.58. The van der Waals surface area contributed by atoms with E-state index in [1.54, 1.807) is 31.2 Å². The van der Waals surface area contributed by atoms with Gasteiger partial charge in [-0.1, -0.05) is 19.1 Å². The summed E-state index contributed by atoms with van der Waals surface area (Å²) < 4.78 is 25.3. The summed E-state index contributed by atoms with van der Waals surface area (Å²) in [4.78, 5) is 0. The van der Waals surface area contributed by atoms with Crippen molar-refractivity contribution >= 4 is 15.7 Å². The zero-order valence-electron chi connectivity index (χ0n) is 10.5. The van der Waals surface area contributed by atoms with Gasteiger partial charge in [-0.15, -0.1) is 0 Å². The number of benzene rings is 1. The van der Waals surface area contributed by atoms with E-state index >= 15 is 0 Å². The van der Waals surface area contributed by atoms with Crippen LogP contribution in [0.5, 0.6) is 0 Å². The highest BCUT2D eigenvalue weighted by molar-refractivity contribution is 7.89. The largest absolute Gasteiger partial charge is 0.399 e. The first-order chi connectivity index (χ1) is 8.41. The maximum absolute atomic E-state index is 12.1. The number of nitrogens with two attached hydrogens (primary N) is 1. The molecule has 98 valence electrons. The molecule has 2 N–H and O–H groups in total. The maximum Gasteiger partial charge on any atom is 0.230 e. The average Bonchev–Trinajstić information content (AvgIpc) is 2.30. The van der Waals surface area contributed by atoms with Gasteiger partial charge in [-0.05, 0) is 24.1 Å². The topological polar surface area (TPSA) is 87.2 Å². The molecule has 0 spiro atoms. The highest BCUT2D eigenvalue weighted by Gasteiger charge is 2.28. The average molecular weight is 267 g/mol. The van der Waals surface area contributed by atoms with Crippen molar-refractivity contribution in [3.63, 3.8) is 0 Å². The van der Waals surface area contributed by atoms with E-state index in [1.165, 1.54) is 11.4 Å². The molecular formula is C12H17N3O2S. The van der Waals surface area contributed by atoms with Gasteiger partial charge in [0.05, 0.1) is 6.07 Å². The second-order valence-electron chi connectivity index (χ2n) is 4.07. The van der Waals surface area contributed by atoms with Crippen LogP contribution in [0.4, 0.5) is 5.69 Å². The van der Waals surface area contributed by atoms with Crippen LogP contribution < -0.4 is 5.73 Å². The van der Waals surface area contributed by atoms with Crippen molar-refractivity contribution in [3.8, 4) is 6.07 Å². The highest BCUT2D eigenvalue weighted by Crippen LogP contribution is 2.15. The van der Waals surface area contributed by atoms with Crippen LogP contribution in [0, 0.1) is 11.3 Å². The van der Waals surface area contributed by atoms with E-state index in [1.807, 2.05) is 6.07 Å². The number of sulfonamides is 1. The summed E-state index contributed by atoms with van der Waals surface area (Å²) in [6.07, 6.45) is 0.278. The first kappa shape index (κ1) is 14.5. The lowest BCUT2D eigenvalue weighted by Gasteiger charge is -2.19. The van der Waals surface area contributed by atoms with E-state index in [-0.39, 0.29) is 13.0 Å². The molecule has 18 heavy (non-hydrogen) atoms. The first-order valence-corrected chi connectivity index (χ1v) is 7.11. The van der Waals surface area contributed by atoms with Crippen LogP contribution in [0.1, 0.15) is 18.9 Å². The lowest BCUT2D eigenvalue weighted by Crippen LogP contribution is -2.34. The first-order valence-electron chi connectivity index (χ1n) is 5.61.